The lowest BCUT2D eigenvalue weighted by molar-refractivity contribution is -0.133. The van der Waals surface area contributed by atoms with E-state index < -0.39 is 9.84 Å². The third kappa shape index (κ3) is 6.22. The average molecular weight is 341 g/mol. The van der Waals surface area contributed by atoms with Crippen LogP contribution in [0.1, 0.15) is 37.8 Å². The van der Waals surface area contributed by atoms with E-state index in [-0.39, 0.29) is 24.3 Å². The van der Waals surface area contributed by atoms with Gasteiger partial charge in [-0.15, -0.1) is 0 Å². The molecule has 0 aliphatic carbocycles. The Hall–Kier alpha value is -1.56. The van der Waals surface area contributed by atoms with Crippen LogP contribution in [0.25, 0.3) is 0 Å². The lowest BCUT2D eigenvalue weighted by Crippen LogP contribution is -2.41. The summed E-state index contributed by atoms with van der Waals surface area (Å²) in [6.45, 7) is 7.72. The molecular formula is C17H27NO4S. The highest BCUT2D eigenvalue weighted by atomic mass is 32.2. The molecule has 1 rings (SSSR count). The van der Waals surface area contributed by atoms with Crippen molar-refractivity contribution in [1.82, 2.24) is 4.90 Å². The molecule has 1 aromatic carbocycles. The van der Waals surface area contributed by atoms with Gasteiger partial charge in [0.15, 0.2) is 6.61 Å². The minimum Gasteiger partial charge on any atom is -0.483 e. The number of likely N-dealkylation sites (N-methyl/N-ethyl adjacent to an activating group) is 1. The number of benzene rings is 1. The van der Waals surface area contributed by atoms with Crippen LogP contribution in [0.15, 0.2) is 18.2 Å². The van der Waals surface area contributed by atoms with Crippen LogP contribution in [0, 0.1) is 6.92 Å². The van der Waals surface area contributed by atoms with Gasteiger partial charge in [0.05, 0.1) is 5.75 Å². The molecule has 1 amide bonds. The number of nitrogens with zero attached hydrogens (tertiary/aromatic N) is 1. The molecule has 0 aromatic heterocycles. The second-order valence-corrected chi connectivity index (χ2v) is 8.62. The van der Waals surface area contributed by atoms with Crippen LogP contribution in [0.3, 0.4) is 0 Å². The highest BCUT2D eigenvalue weighted by molar-refractivity contribution is 7.90. The van der Waals surface area contributed by atoms with Gasteiger partial charge >= 0.3 is 0 Å². The number of aryl methyl sites for hydroxylation is 1. The summed E-state index contributed by atoms with van der Waals surface area (Å²) in [7, 11) is -1.53. The predicted octanol–water partition coefficient (Wildman–Crippen LogP) is 2.39. The van der Waals surface area contributed by atoms with Crippen molar-refractivity contribution in [3.05, 3.63) is 29.3 Å². The van der Waals surface area contributed by atoms with Crippen molar-refractivity contribution in [2.45, 2.75) is 39.7 Å². The molecule has 0 spiro atoms. The van der Waals surface area contributed by atoms with E-state index in [0.717, 1.165) is 11.1 Å². The first kappa shape index (κ1) is 19.5. The number of ether oxygens (including phenoxy) is 1. The van der Waals surface area contributed by atoms with Crippen LogP contribution >= 0.6 is 0 Å². The first-order chi connectivity index (χ1) is 10.5. The Morgan fingerprint density at radius 1 is 1.26 bits per heavy atom. The van der Waals surface area contributed by atoms with Gasteiger partial charge < -0.3 is 9.64 Å². The van der Waals surface area contributed by atoms with Gasteiger partial charge in [0.25, 0.3) is 5.91 Å². The molecule has 1 atom stereocenters. The molecule has 0 saturated heterocycles. The van der Waals surface area contributed by atoms with Crippen molar-refractivity contribution in [2.24, 2.45) is 0 Å². The molecule has 0 fully saturated rings. The molecule has 1 unspecified atom stereocenters. The van der Waals surface area contributed by atoms with E-state index >= 15 is 0 Å². The van der Waals surface area contributed by atoms with E-state index in [1.807, 2.05) is 25.1 Å². The molecule has 6 heteroatoms. The number of hydrogen-bond acceptors (Lipinski definition) is 4. The van der Waals surface area contributed by atoms with Crippen LogP contribution in [0.4, 0.5) is 0 Å². The third-order valence-electron chi connectivity index (χ3n) is 3.74. The van der Waals surface area contributed by atoms with Crippen LogP contribution in [-0.2, 0) is 14.6 Å². The standard InChI is InChI=1S/C17H27NO4S/c1-12(2)15-8-7-13(3)9-16(15)22-10-17(19)18(5)14(4)11-23(6,20)21/h7-9,12,14H,10-11H2,1-6H3. The topological polar surface area (TPSA) is 63.7 Å². The Balaban J connectivity index is 2.74. The molecule has 0 N–H and O–H groups in total. The number of sulfone groups is 1. The summed E-state index contributed by atoms with van der Waals surface area (Å²) >= 11 is 0. The summed E-state index contributed by atoms with van der Waals surface area (Å²) < 4.78 is 28.4. The summed E-state index contributed by atoms with van der Waals surface area (Å²) in [5, 5.41) is 0. The van der Waals surface area contributed by atoms with Gasteiger partial charge in [-0.3, -0.25) is 4.79 Å². The maximum atomic E-state index is 12.2. The molecule has 1 aromatic rings. The highest BCUT2D eigenvalue weighted by Crippen LogP contribution is 2.27. The number of carbonyl (C=O) groups is 1. The fourth-order valence-corrected chi connectivity index (χ4v) is 3.38. The monoisotopic (exact) mass is 341 g/mol. The van der Waals surface area contributed by atoms with Gasteiger partial charge in [-0.25, -0.2) is 8.42 Å². The zero-order chi connectivity index (χ0) is 17.8. The SMILES string of the molecule is Cc1ccc(C(C)C)c(OCC(=O)N(C)C(C)CS(C)(=O)=O)c1. The van der Waals surface area contributed by atoms with Gasteiger partial charge in [0.2, 0.25) is 0 Å². The van der Waals surface area contributed by atoms with Crippen molar-refractivity contribution < 1.29 is 17.9 Å². The van der Waals surface area contributed by atoms with Crippen molar-refractivity contribution in [3.8, 4) is 5.75 Å². The van der Waals surface area contributed by atoms with E-state index in [9.17, 15) is 13.2 Å². The van der Waals surface area contributed by atoms with Gasteiger partial charge in [0, 0.05) is 19.3 Å². The Bertz CT molecular complexity index is 653. The Morgan fingerprint density at radius 3 is 2.39 bits per heavy atom. The highest BCUT2D eigenvalue weighted by Gasteiger charge is 2.20. The predicted molar refractivity (Wildman–Crippen MR) is 92.7 cm³/mol. The molecule has 23 heavy (non-hydrogen) atoms. The molecule has 0 aliphatic rings. The summed E-state index contributed by atoms with van der Waals surface area (Å²) in [5.41, 5.74) is 2.12. The van der Waals surface area contributed by atoms with E-state index in [1.165, 1.54) is 11.2 Å². The van der Waals surface area contributed by atoms with Crippen molar-refractivity contribution in [2.75, 3.05) is 25.7 Å². The van der Waals surface area contributed by atoms with Crippen LogP contribution in [-0.4, -0.2) is 50.9 Å². The molecule has 0 radical (unpaired) electrons. The lowest BCUT2D eigenvalue weighted by atomic mass is 10.0. The van der Waals surface area contributed by atoms with E-state index in [1.54, 1.807) is 14.0 Å². The lowest BCUT2D eigenvalue weighted by Gasteiger charge is -2.24. The van der Waals surface area contributed by atoms with Crippen LogP contribution in [0.5, 0.6) is 5.75 Å². The normalized spacial score (nSPS) is 13.0. The Labute approximate surface area is 139 Å². The van der Waals surface area contributed by atoms with E-state index in [2.05, 4.69) is 13.8 Å². The minimum atomic E-state index is -3.13. The second-order valence-electron chi connectivity index (χ2n) is 6.43. The molecule has 0 saturated carbocycles. The van der Waals surface area contributed by atoms with E-state index in [4.69, 9.17) is 4.74 Å². The summed E-state index contributed by atoms with van der Waals surface area (Å²) in [4.78, 5) is 13.6. The molecule has 0 aliphatic heterocycles. The summed E-state index contributed by atoms with van der Waals surface area (Å²) in [6, 6.07) is 5.56. The Morgan fingerprint density at radius 2 is 1.87 bits per heavy atom. The quantitative estimate of drug-likeness (QED) is 0.764. The smallest absolute Gasteiger partial charge is 0.260 e. The van der Waals surface area contributed by atoms with Crippen molar-refractivity contribution >= 4 is 15.7 Å². The van der Waals surface area contributed by atoms with Gasteiger partial charge in [-0.05, 0) is 37.0 Å². The fraction of sp³-hybridized carbons (Fsp3) is 0.588. The number of hydrogen-bond donors (Lipinski definition) is 0. The van der Waals surface area contributed by atoms with Crippen LogP contribution < -0.4 is 4.74 Å². The zero-order valence-corrected chi connectivity index (χ0v) is 15.6. The number of amides is 1. The van der Waals surface area contributed by atoms with Gasteiger partial charge in [-0.1, -0.05) is 26.0 Å². The van der Waals surface area contributed by atoms with Crippen molar-refractivity contribution in [3.63, 3.8) is 0 Å². The van der Waals surface area contributed by atoms with Gasteiger partial charge in [0.1, 0.15) is 15.6 Å². The maximum absolute atomic E-state index is 12.2. The zero-order valence-electron chi connectivity index (χ0n) is 14.8. The molecule has 5 nitrogen and oxygen atoms in total. The largest absolute Gasteiger partial charge is 0.483 e. The van der Waals surface area contributed by atoms with Crippen LogP contribution in [0.2, 0.25) is 0 Å². The molecular weight excluding hydrogens is 314 g/mol. The average Bonchev–Trinajstić information content (AvgIpc) is 2.41. The molecule has 0 bridgehead atoms. The Kier molecular flexibility index (Phi) is 6.62. The first-order valence-electron chi connectivity index (χ1n) is 7.68. The number of rotatable bonds is 7. The minimum absolute atomic E-state index is 0.0586. The number of carbonyl (C=O) groups excluding carboxylic acids is 1. The fourth-order valence-electron chi connectivity index (χ4n) is 2.28. The summed E-state index contributed by atoms with van der Waals surface area (Å²) in [6.07, 6.45) is 1.17. The molecule has 130 valence electrons. The maximum Gasteiger partial charge on any atom is 0.260 e. The van der Waals surface area contributed by atoms with E-state index in [0.29, 0.717) is 11.7 Å². The summed E-state index contributed by atoms with van der Waals surface area (Å²) in [5.74, 6) is 0.703. The third-order valence-corrected chi connectivity index (χ3v) is 4.83. The molecule has 0 heterocycles. The first-order valence-corrected chi connectivity index (χ1v) is 9.74. The van der Waals surface area contributed by atoms with Gasteiger partial charge in [-0.2, -0.15) is 0 Å². The second kappa shape index (κ2) is 7.81. The van der Waals surface area contributed by atoms with Crippen molar-refractivity contribution in [1.29, 1.82) is 0 Å².